The van der Waals surface area contributed by atoms with Crippen LogP contribution in [-0.2, 0) is 16.0 Å². The average Bonchev–Trinajstić information content (AvgIpc) is 2.79. The lowest BCUT2D eigenvalue weighted by Gasteiger charge is -2.33. The van der Waals surface area contributed by atoms with E-state index in [1.54, 1.807) is 12.1 Å². The highest BCUT2D eigenvalue weighted by Crippen LogP contribution is 2.33. The number of piperidine rings is 1. The van der Waals surface area contributed by atoms with Gasteiger partial charge in [0.05, 0.1) is 22.7 Å². The summed E-state index contributed by atoms with van der Waals surface area (Å²) in [6.45, 7) is 2.76. The number of rotatable bonds is 2. The molecule has 2 aliphatic rings. The van der Waals surface area contributed by atoms with Crippen molar-refractivity contribution in [1.82, 2.24) is 5.32 Å². The molecule has 1 fully saturated rings. The Bertz CT molecular complexity index is 609. The minimum atomic E-state index is -0.561. The van der Waals surface area contributed by atoms with Gasteiger partial charge in [-0.15, -0.1) is 0 Å². The molecule has 0 aliphatic carbocycles. The van der Waals surface area contributed by atoms with E-state index in [2.05, 4.69) is 16.0 Å². The van der Waals surface area contributed by atoms with Crippen molar-refractivity contribution in [2.75, 3.05) is 17.2 Å². The number of amides is 2. The number of carbonyl (C=O) groups excluding carboxylic acids is 2. The standard InChI is InChI=1S/C15H18ClN3O2/c1-15(4-2-3-5-17-15)14(21)19-12-6-9-7-13(20)18-11(9)8-10(12)16/h6,8,17H,2-5,7H2,1H3,(H,18,20)(H,19,21). The first-order valence-corrected chi connectivity index (χ1v) is 7.54. The van der Waals surface area contributed by atoms with Crippen LogP contribution in [0.15, 0.2) is 12.1 Å². The van der Waals surface area contributed by atoms with E-state index in [-0.39, 0.29) is 11.8 Å². The molecule has 1 saturated heterocycles. The van der Waals surface area contributed by atoms with Gasteiger partial charge in [-0.1, -0.05) is 11.6 Å². The lowest BCUT2D eigenvalue weighted by Crippen LogP contribution is -2.54. The van der Waals surface area contributed by atoms with Crippen LogP contribution < -0.4 is 16.0 Å². The van der Waals surface area contributed by atoms with Gasteiger partial charge in [-0.05, 0) is 50.4 Å². The van der Waals surface area contributed by atoms with Gasteiger partial charge < -0.3 is 16.0 Å². The van der Waals surface area contributed by atoms with Crippen molar-refractivity contribution in [3.05, 3.63) is 22.7 Å². The van der Waals surface area contributed by atoms with Crippen LogP contribution in [0.4, 0.5) is 11.4 Å². The maximum atomic E-state index is 12.5. The van der Waals surface area contributed by atoms with Crippen LogP contribution >= 0.6 is 11.6 Å². The van der Waals surface area contributed by atoms with Gasteiger partial charge in [0.2, 0.25) is 11.8 Å². The number of hydrogen-bond acceptors (Lipinski definition) is 3. The summed E-state index contributed by atoms with van der Waals surface area (Å²) < 4.78 is 0. The monoisotopic (exact) mass is 307 g/mol. The first-order chi connectivity index (χ1) is 9.98. The Morgan fingerprint density at radius 2 is 2.19 bits per heavy atom. The van der Waals surface area contributed by atoms with E-state index < -0.39 is 5.54 Å². The van der Waals surface area contributed by atoms with E-state index in [0.29, 0.717) is 17.1 Å². The molecule has 112 valence electrons. The third-order valence-electron chi connectivity index (χ3n) is 4.19. The van der Waals surface area contributed by atoms with E-state index in [9.17, 15) is 9.59 Å². The zero-order chi connectivity index (χ0) is 15.0. The number of fused-ring (bicyclic) bond motifs is 1. The lowest BCUT2D eigenvalue weighted by atomic mass is 9.90. The number of benzene rings is 1. The van der Waals surface area contributed by atoms with E-state index in [4.69, 9.17) is 11.6 Å². The fourth-order valence-electron chi connectivity index (χ4n) is 2.85. The molecule has 2 amide bonds. The fourth-order valence-corrected chi connectivity index (χ4v) is 3.07. The molecule has 0 radical (unpaired) electrons. The third-order valence-corrected chi connectivity index (χ3v) is 4.50. The molecule has 3 rings (SSSR count). The Morgan fingerprint density at radius 1 is 1.38 bits per heavy atom. The van der Waals surface area contributed by atoms with Gasteiger partial charge in [-0.2, -0.15) is 0 Å². The molecule has 0 bridgehead atoms. The molecule has 21 heavy (non-hydrogen) atoms. The highest BCUT2D eigenvalue weighted by Gasteiger charge is 2.34. The zero-order valence-electron chi connectivity index (χ0n) is 11.9. The maximum Gasteiger partial charge on any atom is 0.244 e. The van der Waals surface area contributed by atoms with Crippen molar-refractivity contribution in [1.29, 1.82) is 0 Å². The van der Waals surface area contributed by atoms with Gasteiger partial charge in [-0.3, -0.25) is 9.59 Å². The molecular formula is C15H18ClN3O2. The summed E-state index contributed by atoms with van der Waals surface area (Å²) in [6, 6.07) is 3.47. The first kappa shape index (κ1) is 14.4. The van der Waals surface area contributed by atoms with Crippen molar-refractivity contribution < 1.29 is 9.59 Å². The smallest absolute Gasteiger partial charge is 0.244 e. The summed E-state index contributed by atoms with van der Waals surface area (Å²) >= 11 is 6.20. The Morgan fingerprint density at radius 3 is 2.90 bits per heavy atom. The molecular weight excluding hydrogens is 290 g/mol. The van der Waals surface area contributed by atoms with Crippen LogP contribution in [0.25, 0.3) is 0 Å². The van der Waals surface area contributed by atoms with Gasteiger partial charge in [0.25, 0.3) is 0 Å². The minimum Gasteiger partial charge on any atom is -0.325 e. The fraction of sp³-hybridized carbons (Fsp3) is 0.467. The van der Waals surface area contributed by atoms with Gasteiger partial charge in [-0.25, -0.2) is 0 Å². The number of anilines is 2. The average molecular weight is 308 g/mol. The van der Waals surface area contributed by atoms with Gasteiger partial charge in [0, 0.05) is 5.69 Å². The minimum absolute atomic E-state index is 0.0505. The van der Waals surface area contributed by atoms with E-state index in [0.717, 1.165) is 37.1 Å². The summed E-state index contributed by atoms with van der Waals surface area (Å²) in [7, 11) is 0. The lowest BCUT2D eigenvalue weighted by molar-refractivity contribution is -0.122. The molecule has 6 heteroatoms. The molecule has 3 N–H and O–H groups in total. The van der Waals surface area contributed by atoms with Crippen LogP contribution in [0.1, 0.15) is 31.7 Å². The zero-order valence-corrected chi connectivity index (χ0v) is 12.6. The molecule has 2 aliphatic heterocycles. The summed E-state index contributed by atoms with van der Waals surface area (Å²) in [5.74, 6) is -0.133. The molecule has 1 aromatic rings. The molecule has 5 nitrogen and oxygen atoms in total. The summed E-state index contributed by atoms with van der Waals surface area (Å²) in [5.41, 5.74) is 1.59. The second kappa shape index (κ2) is 5.31. The SMILES string of the molecule is CC1(C(=O)Nc2cc3c(cc2Cl)NC(=O)C3)CCCCN1. The van der Waals surface area contributed by atoms with Crippen LogP contribution in [0.5, 0.6) is 0 Å². The largest absolute Gasteiger partial charge is 0.325 e. The summed E-state index contributed by atoms with van der Waals surface area (Å²) in [5, 5.41) is 9.34. The van der Waals surface area contributed by atoms with Crippen LogP contribution in [0, 0.1) is 0 Å². The Labute approximate surface area is 128 Å². The summed E-state index contributed by atoms with van der Waals surface area (Å²) in [6.07, 6.45) is 3.26. The van der Waals surface area contributed by atoms with E-state index in [1.165, 1.54) is 0 Å². The van der Waals surface area contributed by atoms with Crippen LogP contribution in [0.3, 0.4) is 0 Å². The second-order valence-electron chi connectivity index (χ2n) is 5.88. The van der Waals surface area contributed by atoms with Crippen molar-refractivity contribution in [2.45, 2.75) is 38.1 Å². The van der Waals surface area contributed by atoms with Gasteiger partial charge in [0.15, 0.2) is 0 Å². The predicted octanol–water partition coefficient (Wildman–Crippen LogP) is 2.31. The summed E-state index contributed by atoms with van der Waals surface area (Å²) in [4.78, 5) is 23.9. The van der Waals surface area contributed by atoms with Gasteiger partial charge in [0.1, 0.15) is 0 Å². The Hall–Kier alpha value is -1.59. The normalized spacial score (nSPS) is 24.4. The van der Waals surface area contributed by atoms with Crippen molar-refractivity contribution in [3.8, 4) is 0 Å². The van der Waals surface area contributed by atoms with Crippen molar-refractivity contribution in [3.63, 3.8) is 0 Å². The predicted molar refractivity (Wildman–Crippen MR) is 82.7 cm³/mol. The molecule has 2 heterocycles. The van der Waals surface area contributed by atoms with E-state index in [1.807, 2.05) is 6.92 Å². The second-order valence-corrected chi connectivity index (χ2v) is 6.29. The van der Waals surface area contributed by atoms with Crippen molar-refractivity contribution in [2.24, 2.45) is 0 Å². The Balaban J connectivity index is 1.80. The third kappa shape index (κ3) is 2.76. The molecule has 0 aromatic heterocycles. The van der Waals surface area contributed by atoms with Crippen LogP contribution in [-0.4, -0.2) is 23.9 Å². The number of carbonyl (C=O) groups is 2. The Kier molecular flexibility index (Phi) is 3.63. The molecule has 0 spiro atoms. The molecule has 1 aromatic carbocycles. The van der Waals surface area contributed by atoms with Crippen LogP contribution in [0.2, 0.25) is 5.02 Å². The first-order valence-electron chi connectivity index (χ1n) is 7.17. The highest BCUT2D eigenvalue weighted by molar-refractivity contribution is 6.34. The maximum absolute atomic E-state index is 12.5. The number of nitrogens with one attached hydrogen (secondary N) is 3. The topological polar surface area (TPSA) is 70.2 Å². The molecule has 0 saturated carbocycles. The van der Waals surface area contributed by atoms with E-state index >= 15 is 0 Å². The van der Waals surface area contributed by atoms with Gasteiger partial charge >= 0.3 is 0 Å². The highest BCUT2D eigenvalue weighted by atomic mass is 35.5. The van der Waals surface area contributed by atoms with Crippen molar-refractivity contribution >= 4 is 34.8 Å². The molecule has 1 unspecified atom stereocenters. The molecule has 1 atom stereocenters. The number of halogens is 1. The number of hydrogen-bond donors (Lipinski definition) is 3. The quantitative estimate of drug-likeness (QED) is 0.785.